The number of carbonyl (C=O) groups is 4. The monoisotopic (exact) mass is 708 g/mol. The third-order valence-electron chi connectivity index (χ3n) is 11.5. The van der Waals surface area contributed by atoms with Crippen LogP contribution in [0.1, 0.15) is 12.8 Å². The molecule has 252 valence electrons. The van der Waals surface area contributed by atoms with E-state index in [1.807, 2.05) is 97.1 Å². The van der Waals surface area contributed by atoms with E-state index in [1.165, 1.54) is 9.80 Å². The molecule has 4 fully saturated rings. The quantitative estimate of drug-likeness (QED) is 0.134. The van der Waals surface area contributed by atoms with Crippen molar-refractivity contribution < 1.29 is 23.9 Å². The predicted molar refractivity (Wildman–Crippen MR) is 195 cm³/mol. The lowest BCUT2D eigenvalue weighted by Gasteiger charge is -2.17. The SMILES string of the molecule is O=C1[C@@H]2[C@H](C(=O)N1c1ccc(Sc3ccc(Oc4ccc(Sc5ccc(N6C(=O)[C@H]7[C@H](C6=O)[C@H]6C=C[C@H]7C6)cc5)cc4)cc3)cc1)[C@H]1C=C[C@H]2C1. The van der Waals surface area contributed by atoms with Gasteiger partial charge >= 0.3 is 0 Å². The van der Waals surface area contributed by atoms with Gasteiger partial charge in [0.25, 0.3) is 0 Å². The third-order valence-corrected chi connectivity index (χ3v) is 13.5. The van der Waals surface area contributed by atoms with E-state index in [-0.39, 0.29) is 71.0 Å². The number of fused-ring (bicyclic) bond motifs is 10. The minimum atomic E-state index is -0.195. The highest BCUT2D eigenvalue weighted by Crippen LogP contribution is 2.54. The molecule has 2 saturated carbocycles. The van der Waals surface area contributed by atoms with E-state index in [0.717, 1.165) is 43.9 Å². The van der Waals surface area contributed by atoms with Crippen LogP contribution in [0.15, 0.2) is 141 Å². The summed E-state index contributed by atoms with van der Waals surface area (Å²) in [5, 5.41) is 0. The molecule has 2 aliphatic heterocycles. The van der Waals surface area contributed by atoms with E-state index >= 15 is 0 Å². The lowest BCUT2D eigenvalue weighted by atomic mass is 9.85. The van der Waals surface area contributed by atoms with Crippen molar-refractivity contribution in [2.75, 3.05) is 9.80 Å². The second-order valence-electron chi connectivity index (χ2n) is 14.3. The zero-order valence-corrected chi connectivity index (χ0v) is 29.0. The van der Waals surface area contributed by atoms with Gasteiger partial charge < -0.3 is 4.74 Å². The molecular formula is C42H32N2O5S2. The Morgan fingerprint density at radius 1 is 0.412 bits per heavy atom. The van der Waals surface area contributed by atoms with Crippen LogP contribution in [0.3, 0.4) is 0 Å². The minimum Gasteiger partial charge on any atom is -0.457 e. The van der Waals surface area contributed by atoms with Crippen LogP contribution >= 0.6 is 23.5 Å². The largest absolute Gasteiger partial charge is 0.457 e. The van der Waals surface area contributed by atoms with Crippen LogP contribution < -0.4 is 14.5 Å². The first-order valence-corrected chi connectivity index (χ1v) is 19.1. The van der Waals surface area contributed by atoms with Crippen molar-refractivity contribution in [3.8, 4) is 11.5 Å². The number of hydrogen-bond acceptors (Lipinski definition) is 7. The van der Waals surface area contributed by atoms with Gasteiger partial charge in [-0.25, -0.2) is 0 Å². The van der Waals surface area contributed by atoms with Crippen LogP contribution in [0.25, 0.3) is 0 Å². The third kappa shape index (κ3) is 5.04. The van der Waals surface area contributed by atoms with Gasteiger partial charge in [0.1, 0.15) is 11.5 Å². The number of allylic oxidation sites excluding steroid dienone is 4. The molecule has 2 saturated heterocycles. The van der Waals surface area contributed by atoms with Crippen LogP contribution in [0.2, 0.25) is 0 Å². The lowest BCUT2D eigenvalue weighted by molar-refractivity contribution is -0.124. The number of carbonyl (C=O) groups excluding carboxylic acids is 4. The molecule has 4 aliphatic carbocycles. The van der Waals surface area contributed by atoms with Crippen LogP contribution in [0.5, 0.6) is 11.5 Å². The van der Waals surface area contributed by atoms with Gasteiger partial charge in [-0.3, -0.25) is 29.0 Å². The van der Waals surface area contributed by atoms with E-state index in [9.17, 15) is 19.2 Å². The van der Waals surface area contributed by atoms with Gasteiger partial charge in [0.15, 0.2) is 0 Å². The Balaban J connectivity index is 0.736. The van der Waals surface area contributed by atoms with E-state index in [2.05, 4.69) is 24.3 Å². The van der Waals surface area contributed by atoms with E-state index in [0.29, 0.717) is 11.4 Å². The molecule has 0 N–H and O–H groups in total. The van der Waals surface area contributed by atoms with E-state index in [1.54, 1.807) is 23.5 Å². The molecule has 0 radical (unpaired) electrons. The molecule has 0 spiro atoms. The highest BCUT2D eigenvalue weighted by Gasteiger charge is 2.60. The van der Waals surface area contributed by atoms with E-state index < -0.39 is 0 Å². The Morgan fingerprint density at radius 3 is 0.980 bits per heavy atom. The van der Waals surface area contributed by atoms with Gasteiger partial charge in [-0.2, -0.15) is 0 Å². The highest BCUT2D eigenvalue weighted by atomic mass is 32.2. The van der Waals surface area contributed by atoms with Crippen molar-refractivity contribution in [3.05, 3.63) is 121 Å². The number of hydrogen-bond donors (Lipinski definition) is 0. The van der Waals surface area contributed by atoms with Gasteiger partial charge in [-0.1, -0.05) is 47.8 Å². The maximum Gasteiger partial charge on any atom is 0.238 e. The Morgan fingerprint density at radius 2 is 0.686 bits per heavy atom. The summed E-state index contributed by atoms with van der Waals surface area (Å²) in [6.07, 6.45) is 10.3. The fourth-order valence-electron chi connectivity index (χ4n) is 9.20. The van der Waals surface area contributed by atoms with Crippen molar-refractivity contribution in [2.45, 2.75) is 32.4 Å². The first-order chi connectivity index (χ1) is 24.9. The maximum atomic E-state index is 13.2. The zero-order chi connectivity index (χ0) is 34.4. The summed E-state index contributed by atoms with van der Waals surface area (Å²) in [7, 11) is 0. The number of imide groups is 2. The summed E-state index contributed by atoms with van der Waals surface area (Å²) in [5.74, 6) is 1.26. The molecule has 0 unspecified atom stereocenters. The van der Waals surface area contributed by atoms with Crippen molar-refractivity contribution in [2.24, 2.45) is 47.3 Å². The van der Waals surface area contributed by atoms with Crippen LogP contribution in [0.4, 0.5) is 11.4 Å². The van der Waals surface area contributed by atoms with Crippen LogP contribution in [-0.4, -0.2) is 23.6 Å². The highest BCUT2D eigenvalue weighted by molar-refractivity contribution is 7.99. The van der Waals surface area contributed by atoms with Crippen LogP contribution in [-0.2, 0) is 19.2 Å². The standard InChI is InChI=1S/C42H32N2O5S2/c45-39-35-23-1-2-24(21-23)36(35)40(46)43(39)27-5-13-31(14-6-27)50-33-17-9-29(10-18-33)49-30-11-19-34(20-12-30)51-32-15-7-28(8-16-32)44-41(47)37-25-3-4-26(22-25)38(37)42(44)48/h1-20,23-26,35-38H,21-22H2/t23-,24-,25-,26-,35-,36+,37+,38+/m0/s1. The van der Waals surface area contributed by atoms with Gasteiger partial charge in [0.2, 0.25) is 23.6 Å². The fraction of sp³-hybridized carbons (Fsp3) is 0.238. The van der Waals surface area contributed by atoms with Crippen molar-refractivity contribution >= 4 is 58.5 Å². The van der Waals surface area contributed by atoms with Gasteiger partial charge in [-0.15, -0.1) is 0 Å². The Bertz CT molecular complexity index is 1950. The van der Waals surface area contributed by atoms with Gasteiger partial charge in [0.05, 0.1) is 35.0 Å². The number of ether oxygens (including phenoxy) is 1. The maximum absolute atomic E-state index is 13.2. The molecule has 6 aliphatic rings. The average Bonchev–Trinajstić information content (AvgIpc) is 4.01. The predicted octanol–water partition coefficient (Wildman–Crippen LogP) is 8.40. The van der Waals surface area contributed by atoms with Crippen molar-refractivity contribution in [1.29, 1.82) is 0 Å². The second kappa shape index (κ2) is 11.9. The van der Waals surface area contributed by atoms with Gasteiger partial charge in [-0.05, 0) is 134 Å². The van der Waals surface area contributed by atoms with Crippen LogP contribution in [0, 0.1) is 47.3 Å². The Kier molecular flexibility index (Phi) is 7.19. The van der Waals surface area contributed by atoms with Crippen molar-refractivity contribution in [3.63, 3.8) is 0 Å². The molecule has 2 heterocycles. The first kappa shape index (κ1) is 30.9. The molecule has 4 amide bonds. The number of benzene rings is 4. The molecule has 0 aromatic heterocycles. The summed E-state index contributed by atoms with van der Waals surface area (Å²) < 4.78 is 6.11. The second-order valence-corrected chi connectivity index (χ2v) is 16.6. The molecule has 8 atom stereocenters. The number of amides is 4. The molecule has 4 bridgehead atoms. The fourth-order valence-corrected chi connectivity index (χ4v) is 10.8. The molecule has 7 nitrogen and oxygen atoms in total. The van der Waals surface area contributed by atoms with Crippen molar-refractivity contribution in [1.82, 2.24) is 0 Å². The molecule has 51 heavy (non-hydrogen) atoms. The smallest absolute Gasteiger partial charge is 0.238 e. The minimum absolute atomic E-state index is 0.0564. The summed E-state index contributed by atoms with van der Waals surface area (Å²) >= 11 is 3.21. The first-order valence-electron chi connectivity index (χ1n) is 17.5. The Hall–Kier alpha value is -4.86. The summed E-state index contributed by atoms with van der Waals surface area (Å²) in [4.78, 5) is 59.5. The number of anilines is 2. The summed E-state index contributed by atoms with van der Waals surface area (Å²) in [6, 6.07) is 31.1. The normalized spacial score (nSPS) is 29.5. The average molecular weight is 709 g/mol. The Labute approximate surface area is 303 Å². The summed E-state index contributed by atoms with van der Waals surface area (Å²) in [5.41, 5.74) is 1.29. The molecular weight excluding hydrogens is 677 g/mol. The molecule has 9 heteroatoms. The number of nitrogens with zero attached hydrogens (tertiary/aromatic N) is 2. The summed E-state index contributed by atoms with van der Waals surface area (Å²) in [6.45, 7) is 0. The molecule has 10 rings (SSSR count). The lowest BCUT2D eigenvalue weighted by Crippen LogP contribution is -2.32. The van der Waals surface area contributed by atoms with Gasteiger partial charge in [0, 0.05) is 19.6 Å². The number of rotatable bonds is 8. The topological polar surface area (TPSA) is 84.0 Å². The molecule has 4 aromatic carbocycles. The van der Waals surface area contributed by atoms with E-state index in [4.69, 9.17) is 4.74 Å². The zero-order valence-electron chi connectivity index (χ0n) is 27.3. The molecule has 4 aromatic rings.